The van der Waals surface area contributed by atoms with Gasteiger partial charge < -0.3 is 10.1 Å². The van der Waals surface area contributed by atoms with Crippen molar-refractivity contribution in [2.75, 3.05) is 13.7 Å². The van der Waals surface area contributed by atoms with Crippen LogP contribution in [0, 0.1) is 6.92 Å². The van der Waals surface area contributed by atoms with Crippen molar-refractivity contribution in [2.24, 2.45) is 0 Å². The molecule has 0 aliphatic carbocycles. The molecule has 0 saturated heterocycles. The Labute approximate surface area is 131 Å². The van der Waals surface area contributed by atoms with Crippen molar-refractivity contribution in [3.05, 3.63) is 58.4 Å². The summed E-state index contributed by atoms with van der Waals surface area (Å²) in [5.74, 6) is 0.800. The number of hydrogen-bond donors (Lipinski definition) is 1. The van der Waals surface area contributed by atoms with Gasteiger partial charge in [-0.3, -0.25) is 4.98 Å². The number of rotatable bonds is 6. The van der Waals surface area contributed by atoms with Crippen LogP contribution in [0.4, 0.5) is 0 Å². The summed E-state index contributed by atoms with van der Waals surface area (Å²) in [7, 11) is 1.94. The molecule has 21 heavy (non-hydrogen) atoms. The van der Waals surface area contributed by atoms with E-state index in [0.29, 0.717) is 6.61 Å². The predicted molar refractivity (Wildman–Crippen MR) is 87.1 cm³/mol. The van der Waals surface area contributed by atoms with Crippen LogP contribution in [0.1, 0.15) is 36.1 Å². The number of pyridine rings is 1. The summed E-state index contributed by atoms with van der Waals surface area (Å²) < 4.78 is 5.66. The highest BCUT2D eigenvalue weighted by molar-refractivity contribution is 6.31. The fourth-order valence-corrected chi connectivity index (χ4v) is 2.51. The smallest absolute Gasteiger partial charge is 0.137 e. The van der Waals surface area contributed by atoms with Gasteiger partial charge in [-0.2, -0.15) is 0 Å². The van der Waals surface area contributed by atoms with Crippen LogP contribution < -0.4 is 10.1 Å². The maximum atomic E-state index is 6.23. The third kappa shape index (κ3) is 3.74. The average molecular weight is 305 g/mol. The van der Waals surface area contributed by atoms with E-state index in [1.807, 2.05) is 38.4 Å². The quantitative estimate of drug-likeness (QED) is 0.871. The van der Waals surface area contributed by atoms with Crippen molar-refractivity contribution in [1.29, 1.82) is 0 Å². The van der Waals surface area contributed by atoms with Crippen molar-refractivity contribution < 1.29 is 4.74 Å². The van der Waals surface area contributed by atoms with Crippen LogP contribution in [0.5, 0.6) is 5.75 Å². The van der Waals surface area contributed by atoms with E-state index in [1.54, 1.807) is 6.20 Å². The van der Waals surface area contributed by atoms with Crippen molar-refractivity contribution in [3.63, 3.8) is 0 Å². The molecule has 0 aliphatic rings. The van der Waals surface area contributed by atoms with Gasteiger partial charge in [-0.25, -0.2) is 0 Å². The Morgan fingerprint density at radius 3 is 2.86 bits per heavy atom. The first kappa shape index (κ1) is 15.8. The number of aromatic nitrogens is 1. The molecule has 112 valence electrons. The van der Waals surface area contributed by atoms with Gasteiger partial charge in [-0.15, -0.1) is 0 Å². The van der Waals surface area contributed by atoms with E-state index in [4.69, 9.17) is 16.3 Å². The summed E-state index contributed by atoms with van der Waals surface area (Å²) in [4.78, 5) is 4.29. The summed E-state index contributed by atoms with van der Waals surface area (Å²) in [6.45, 7) is 4.82. The molecule has 1 aromatic carbocycles. The molecular weight excluding hydrogens is 284 g/mol. The zero-order chi connectivity index (χ0) is 15.2. The van der Waals surface area contributed by atoms with Crippen LogP contribution in [0.25, 0.3) is 0 Å². The lowest BCUT2D eigenvalue weighted by Crippen LogP contribution is -2.19. The second-order valence-electron chi connectivity index (χ2n) is 4.98. The van der Waals surface area contributed by atoms with Crippen molar-refractivity contribution in [3.8, 4) is 5.75 Å². The maximum Gasteiger partial charge on any atom is 0.137 e. The Morgan fingerprint density at radius 1 is 1.33 bits per heavy atom. The second kappa shape index (κ2) is 7.43. The summed E-state index contributed by atoms with van der Waals surface area (Å²) >= 11 is 6.23. The lowest BCUT2D eigenvalue weighted by molar-refractivity contribution is 0.315. The Hall–Kier alpha value is -1.58. The highest BCUT2D eigenvalue weighted by atomic mass is 35.5. The van der Waals surface area contributed by atoms with E-state index in [-0.39, 0.29) is 6.04 Å². The lowest BCUT2D eigenvalue weighted by Gasteiger charge is -2.20. The highest BCUT2D eigenvalue weighted by Gasteiger charge is 2.16. The van der Waals surface area contributed by atoms with Gasteiger partial charge in [0.2, 0.25) is 0 Å². The minimum Gasteiger partial charge on any atom is -0.492 e. The van der Waals surface area contributed by atoms with E-state index in [0.717, 1.165) is 33.9 Å². The van der Waals surface area contributed by atoms with Gasteiger partial charge >= 0.3 is 0 Å². The van der Waals surface area contributed by atoms with Gasteiger partial charge in [0.15, 0.2) is 0 Å². The molecule has 4 heteroatoms. The molecule has 1 heterocycles. The summed E-state index contributed by atoms with van der Waals surface area (Å²) in [5, 5.41) is 4.11. The predicted octanol–water partition coefficient (Wildman–Crippen LogP) is 4.14. The summed E-state index contributed by atoms with van der Waals surface area (Å²) in [5.41, 5.74) is 3.30. The van der Waals surface area contributed by atoms with E-state index in [9.17, 15) is 0 Å². The van der Waals surface area contributed by atoms with Crippen molar-refractivity contribution in [2.45, 2.75) is 26.3 Å². The Morgan fingerprint density at radius 2 is 2.14 bits per heavy atom. The molecule has 0 radical (unpaired) electrons. The minimum atomic E-state index is 0.0429. The first-order chi connectivity index (χ1) is 10.2. The lowest BCUT2D eigenvalue weighted by atomic mass is 9.96. The van der Waals surface area contributed by atoms with Gasteiger partial charge in [-0.1, -0.05) is 30.7 Å². The minimum absolute atomic E-state index is 0.0429. The van der Waals surface area contributed by atoms with E-state index >= 15 is 0 Å². The van der Waals surface area contributed by atoms with Crippen LogP contribution in [0.2, 0.25) is 5.02 Å². The van der Waals surface area contributed by atoms with Gasteiger partial charge in [0, 0.05) is 11.2 Å². The molecule has 0 bridgehead atoms. The second-order valence-corrected chi connectivity index (χ2v) is 5.39. The largest absolute Gasteiger partial charge is 0.492 e. The first-order valence-corrected chi connectivity index (χ1v) is 7.55. The molecule has 1 aromatic heterocycles. The Bertz CT molecular complexity index is 601. The molecule has 0 amide bonds. The third-order valence-electron chi connectivity index (χ3n) is 3.45. The topological polar surface area (TPSA) is 34.1 Å². The van der Waals surface area contributed by atoms with Gasteiger partial charge in [-0.05, 0) is 49.2 Å². The zero-order valence-corrected chi connectivity index (χ0v) is 13.4. The third-order valence-corrected chi connectivity index (χ3v) is 3.86. The van der Waals surface area contributed by atoms with Crippen LogP contribution in [0.15, 0.2) is 36.7 Å². The number of hydrogen-bond acceptors (Lipinski definition) is 3. The molecule has 1 unspecified atom stereocenters. The monoisotopic (exact) mass is 304 g/mol. The molecule has 2 aromatic rings. The van der Waals surface area contributed by atoms with Crippen LogP contribution in [-0.4, -0.2) is 18.6 Å². The number of nitrogens with zero attached hydrogens (tertiary/aromatic N) is 1. The molecule has 3 nitrogen and oxygen atoms in total. The van der Waals surface area contributed by atoms with E-state index < -0.39 is 0 Å². The Balaban J connectivity index is 2.35. The average Bonchev–Trinajstić information content (AvgIpc) is 2.50. The van der Waals surface area contributed by atoms with Gasteiger partial charge in [0.05, 0.1) is 18.8 Å². The van der Waals surface area contributed by atoms with Crippen molar-refractivity contribution >= 4 is 11.6 Å². The number of benzene rings is 1. The van der Waals surface area contributed by atoms with Crippen LogP contribution in [-0.2, 0) is 0 Å². The molecule has 1 N–H and O–H groups in total. The molecule has 0 aliphatic heterocycles. The molecule has 0 spiro atoms. The highest BCUT2D eigenvalue weighted by Crippen LogP contribution is 2.29. The normalized spacial score (nSPS) is 12.2. The first-order valence-electron chi connectivity index (χ1n) is 7.17. The van der Waals surface area contributed by atoms with Crippen LogP contribution >= 0.6 is 11.6 Å². The molecule has 0 saturated carbocycles. The standard InChI is InChI=1S/C17H21ClN2O/c1-4-8-21-14-9-13(10-20-11-14)17(19-3)15-6-5-7-16(18)12(15)2/h5-7,9-11,17,19H,4,8H2,1-3H3. The SMILES string of the molecule is CCCOc1cncc(C(NC)c2cccc(Cl)c2C)c1. The molecular formula is C17H21ClN2O. The van der Waals surface area contributed by atoms with Gasteiger partial charge in [0.25, 0.3) is 0 Å². The number of ether oxygens (including phenoxy) is 1. The Kier molecular flexibility index (Phi) is 5.59. The molecule has 0 fully saturated rings. The zero-order valence-electron chi connectivity index (χ0n) is 12.7. The molecule has 2 rings (SSSR count). The van der Waals surface area contributed by atoms with E-state index in [2.05, 4.69) is 23.3 Å². The summed E-state index contributed by atoms with van der Waals surface area (Å²) in [6, 6.07) is 8.04. The maximum absolute atomic E-state index is 6.23. The van der Waals surface area contributed by atoms with Crippen molar-refractivity contribution in [1.82, 2.24) is 10.3 Å². The fourth-order valence-electron chi connectivity index (χ4n) is 2.33. The van der Waals surface area contributed by atoms with Crippen LogP contribution in [0.3, 0.4) is 0 Å². The van der Waals surface area contributed by atoms with E-state index in [1.165, 1.54) is 0 Å². The number of halogens is 1. The van der Waals surface area contributed by atoms with Gasteiger partial charge in [0.1, 0.15) is 5.75 Å². The molecule has 1 atom stereocenters. The number of nitrogens with one attached hydrogen (secondary N) is 1. The summed E-state index contributed by atoms with van der Waals surface area (Å²) in [6.07, 6.45) is 4.59. The fraction of sp³-hybridized carbons (Fsp3) is 0.353.